The lowest BCUT2D eigenvalue weighted by Crippen LogP contribution is -2.43. The van der Waals surface area contributed by atoms with Crippen LogP contribution in [0.3, 0.4) is 0 Å². The van der Waals surface area contributed by atoms with Crippen molar-refractivity contribution < 1.29 is 4.42 Å². The Morgan fingerprint density at radius 2 is 2.08 bits per heavy atom. The molecule has 2 rings (SSSR count). The van der Waals surface area contributed by atoms with Gasteiger partial charge in [-0.25, -0.2) is 4.98 Å². The maximum atomic E-state index is 5.79. The number of hydrogen-bond acceptors (Lipinski definition) is 4. The summed E-state index contributed by atoms with van der Waals surface area (Å²) < 4.78 is 5.79. The maximum absolute atomic E-state index is 5.79. The monoisotopic (exact) mass is 335 g/mol. The number of aliphatic imine (C=N–C) groups is 1. The molecule has 0 aromatic carbocycles. The van der Waals surface area contributed by atoms with Gasteiger partial charge in [-0.05, 0) is 26.7 Å². The molecule has 1 aliphatic rings. The molecular weight excluding hydrogens is 302 g/mol. The molecule has 6 nitrogen and oxygen atoms in total. The Bertz CT molecular complexity index is 538. The minimum atomic E-state index is -0.0196. The molecule has 1 saturated carbocycles. The summed E-state index contributed by atoms with van der Waals surface area (Å²) in [4.78, 5) is 11.2. The SMILES string of the molecule is CN=C(NCCN(C(C)C)C1CC1)NCc1ncc(C(C)(C)C)o1. The Morgan fingerprint density at radius 1 is 1.38 bits per heavy atom. The van der Waals surface area contributed by atoms with Crippen LogP contribution in [0.2, 0.25) is 0 Å². The first-order valence-electron chi connectivity index (χ1n) is 8.96. The van der Waals surface area contributed by atoms with Crippen LogP contribution in [0.25, 0.3) is 0 Å². The molecule has 0 bridgehead atoms. The lowest BCUT2D eigenvalue weighted by atomic mass is 9.94. The van der Waals surface area contributed by atoms with E-state index in [0.717, 1.165) is 30.9 Å². The van der Waals surface area contributed by atoms with Crippen molar-refractivity contribution in [3.8, 4) is 0 Å². The Labute approximate surface area is 146 Å². The van der Waals surface area contributed by atoms with E-state index in [0.29, 0.717) is 18.5 Å². The number of aromatic nitrogens is 1. The van der Waals surface area contributed by atoms with Gasteiger partial charge in [0.15, 0.2) is 5.96 Å². The number of rotatable bonds is 7. The Kier molecular flexibility index (Phi) is 6.27. The molecule has 2 N–H and O–H groups in total. The van der Waals surface area contributed by atoms with E-state index in [4.69, 9.17) is 4.42 Å². The number of nitrogens with one attached hydrogen (secondary N) is 2. The summed E-state index contributed by atoms with van der Waals surface area (Å²) in [7, 11) is 1.78. The van der Waals surface area contributed by atoms with Crippen LogP contribution in [0.5, 0.6) is 0 Å². The first kappa shape index (κ1) is 18.8. The zero-order valence-corrected chi connectivity index (χ0v) is 16.0. The minimum Gasteiger partial charge on any atom is -0.443 e. The predicted octanol–water partition coefficient (Wildman–Crippen LogP) is 2.51. The second-order valence-electron chi connectivity index (χ2n) is 7.78. The average molecular weight is 335 g/mol. The van der Waals surface area contributed by atoms with Crippen LogP contribution in [0, 0.1) is 0 Å². The van der Waals surface area contributed by atoms with E-state index in [1.165, 1.54) is 12.8 Å². The second kappa shape index (κ2) is 8.01. The van der Waals surface area contributed by atoms with Crippen molar-refractivity contribution in [2.45, 2.75) is 71.5 Å². The molecule has 1 aliphatic carbocycles. The molecule has 0 atom stereocenters. The predicted molar refractivity (Wildman–Crippen MR) is 98.3 cm³/mol. The molecule has 1 fully saturated rings. The van der Waals surface area contributed by atoms with Gasteiger partial charge in [-0.3, -0.25) is 9.89 Å². The van der Waals surface area contributed by atoms with Crippen LogP contribution in [-0.2, 0) is 12.0 Å². The highest BCUT2D eigenvalue weighted by Gasteiger charge is 2.30. The summed E-state index contributed by atoms with van der Waals surface area (Å²) in [6.45, 7) is 13.3. The molecule has 24 heavy (non-hydrogen) atoms. The molecule has 0 aliphatic heterocycles. The third-order valence-corrected chi connectivity index (χ3v) is 4.27. The van der Waals surface area contributed by atoms with Gasteiger partial charge in [-0.15, -0.1) is 0 Å². The van der Waals surface area contributed by atoms with Gasteiger partial charge in [0.25, 0.3) is 0 Å². The van der Waals surface area contributed by atoms with E-state index in [9.17, 15) is 0 Å². The first-order valence-corrected chi connectivity index (χ1v) is 8.96. The van der Waals surface area contributed by atoms with Crippen LogP contribution in [0.1, 0.15) is 59.1 Å². The van der Waals surface area contributed by atoms with E-state index < -0.39 is 0 Å². The number of nitrogens with zero attached hydrogens (tertiary/aromatic N) is 3. The Hall–Kier alpha value is -1.56. The summed E-state index contributed by atoms with van der Waals surface area (Å²) in [5.74, 6) is 2.37. The lowest BCUT2D eigenvalue weighted by Gasteiger charge is -2.26. The van der Waals surface area contributed by atoms with Crippen molar-refractivity contribution in [2.75, 3.05) is 20.1 Å². The molecule has 1 heterocycles. The van der Waals surface area contributed by atoms with Gasteiger partial charge in [0.2, 0.25) is 5.89 Å². The molecule has 136 valence electrons. The van der Waals surface area contributed by atoms with Crippen molar-refractivity contribution in [3.05, 3.63) is 17.8 Å². The summed E-state index contributed by atoms with van der Waals surface area (Å²) in [5.41, 5.74) is -0.0196. The normalized spacial score (nSPS) is 16.1. The van der Waals surface area contributed by atoms with Gasteiger partial charge >= 0.3 is 0 Å². The van der Waals surface area contributed by atoms with E-state index in [1.54, 1.807) is 7.05 Å². The average Bonchev–Trinajstić information content (AvgIpc) is 3.21. The molecule has 0 unspecified atom stereocenters. The molecule has 0 saturated heterocycles. The molecule has 0 spiro atoms. The van der Waals surface area contributed by atoms with Crippen LogP contribution in [-0.4, -0.2) is 48.1 Å². The molecule has 1 aromatic rings. The highest BCUT2D eigenvalue weighted by molar-refractivity contribution is 5.79. The van der Waals surface area contributed by atoms with Gasteiger partial charge < -0.3 is 15.1 Å². The number of hydrogen-bond donors (Lipinski definition) is 2. The van der Waals surface area contributed by atoms with Gasteiger partial charge in [0.05, 0.1) is 12.7 Å². The second-order valence-corrected chi connectivity index (χ2v) is 7.78. The summed E-state index contributed by atoms with van der Waals surface area (Å²) in [5, 5.41) is 6.63. The Morgan fingerprint density at radius 3 is 2.58 bits per heavy atom. The van der Waals surface area contributed by atoms with E-state index in [2.05, 4.69) is 60.1 Å². The molecular formula is C18H33N5O. The maximum Gasteiger partial charge on any atom is 0.213 e. The zero-order chi connectivity index (χ0) is 17.7. The van der Waals surface area contributed by atoms with E-state index >= 15 is 0 Å². The van der Waals surface area contributed by atoms with Crippen LogP contribution < -0.4 is 10.6 Å². The quantitative estimate of drug-likeness (QED) is 0.592. The number of oxazole rings is 1. The van der Waals surface area contributed by atoms with Crippen molar-refractivity contribution in [3.63, 3.8) is 0 Å². The lowest BCUT2D eigenvalue weighted by molar-refractivity contribution is 0.215. The van der Waals surface area contributed by atoms with Crippen molar-refractivity contribution in [1.29, 1.82) is 0 Å². The summed E-state index contributed by atoms with van der Waals surface area (Å²) >= 11 is 0. The zero-order valence-electron chi connectivity index (χ0n) is 16.0. The summed E-state index contributed by atoms with van der Waals surface area (Å²) in [6.07, 6.45) is 4.49. The Balaban J connectivity index is 1.75. The third kappa shape index (κ3) is 5.51. The third-order valence-electron chi connectivity index (χ3n) is 4.27. The molecule has 1 aromatic heterocycles. The van der Waals surface area contributed by atoms with Crippen LogP contribution in [0.4, 0.5) is 0 Å². The standard InChI is InChI=1S/C18H33N5O/c1-13(2)23(14-7-8-14)10-9-20-17(19-6)22-12-16-21-11-15(24-16)18(3,4)5/h11,13-14H,7-10,12H2,1-6H3,(H2,19,20,22). The number of guanidine groups is 1. The minimum absolute atomic E-state index is 0.0196. The van der Waals surface area contributed by atoms with Crippen molar-refractivity contribution in [2.24, 2.45) is 4.99 Å². The topological polar surface area (TPSA) is 65.7 Å². The van der Waals surface area contributed by atoms with Crippen LogP contribution >= 0.6 is 0 Å². The molecule has 0 amide bonds. The van der Waals surface area contributed by atoms with Crippen molar-refractivity contribution in [1.82, 2.24) is 20.5 Å². The summed E-state index contributed by atoms with van der Waals surface area (Å²) in [6, 6.07) is 1.38. The molecule has 6 heteroatoms. The first-order chi connectivity index (χ1) is 11.3. The van der Waals surface area contributed by atoms with E-state index in [-0.39, 0.29) is 5.41 Å². The van der Waals surface area contributed by atoms with Crippen LogP contribution in [0.15, 0.2) is 15.6 Å². The van der Waals surface area contributed by atoms with Gasteiger partial charge in [0.1, 0.15) is 5.76 Å². The fraction of sp³-hybridized carbons (Fsp3) is 0.778. The molecule has 0 radical (unpaired) electrons. The van der Waals surface area contributed by atoms with Crippen molar-refractivity contribution >= 4 is 5.96 Å². The largest absolute Gasteiger partial charge is 0.443 e. The fourth-order valence-electron chi connectivity index (χ4n) is 2.69. The highest BCUT2D eigenvalue weighted by atomic mass is 16.4. The van der Waals surface area contributed by atoms with E-state index in [1.807, 2.05) is 6.20 Å². The van der Waals surface area contributed by atoms with Gasteiger partial charge in [-0.2, -0.15) is 0 Å². The smallest absolute Gasteiger partial charge is 0.213 e. The highest BCUT2D eigenvalue weighted by Crippen LogP contribution is 2.27. The van der Waals surface area contributed by atoms with Gasteiger partial charge in [0, 0.05) is 37.6 Å². The van der Waals surface area contributed by atoms with Gasteiger partial charge in [-0.1, -0.05) is 20.8 Å². The fourth-order valence-corrected chi connectivity index (χ4v) is 2.69.